The van der Waals surface area contributed by atoms with E-state index >= 15 is 0 Å². The first-order chi connectivity index (χ1) is 16.1. The zero-order valence-electron chi connectivity index (χ0n) is 19.7. The van der Waals surface area contributed by atoms with Gasteiger partial charge in [0.1, 0.15) is 11.4 Å². The topological polar surface area (TPSA) is 107 Å². The van der Waals surface area contributed by atoms with Crippen molar-refractivity contribution in [3.8, 4) is 5.75 Å². The summed E-state index contributed by atoms with van der Waals surface area (Å²) in [6, 6.07) is 16.5. The van der Waals surface area contributed by atoms with Gasteiger partial charge in [0.2, 0.25) is 0 Å². The summed E-state index contributed by atoms with van der Waals surface area (Å²) in [6.45, 7) is 6.49. The molecular formula is C26H30N2O6. The van der Waals surface area contributed by atoms with E-state index in [0.29, 0.717) is 37.4 Å². The lowest BCUT2D eigenvalue weighted by Gasteiger charge is -2.19. The lowest BCUT2D eigenvalue weighted by Crippen LogP contribution is -2.33. The molecule has 0 aliphatic rings. The molecule has 8 heteroatoms. The minimum atomic E-state index is -1.05. The molecule has 0 spiro atoms. The predicted octanol–water partition coefficient (Wildman–Crippen LogP) is 3.97. The number of aromatic nitrogens is 1. The number of benzene rings is 2. The van der Waals surface area contributed by atoms with E-state index in [1.807, 2.05) is 36.4 Å². The molecule has 0 saturated heterocycles. The van der Waals surface area contributed by atoms with Crippen LogP contribution in [0.1, 0.15) is 38.3 Å². The number of hydrogen-bond acceptors (Lipinski definition) is 5. The van der Waals surface area contributed by atoms with Gasteiger partial charge in [-0.05, 0) is 56.3 Å². The van der Waals surface area contributed by atoms with Crippen LogP contribution in [0.4, 0.5) is 4.79 Å². The van der Waals surface area contributed by atoms with Gasteiger partial charge in [-0.1, -0.05) is 30.3 Å². The summed E-state index contributed by atoms with van der Waals surface area (Å²) < 4.78 is 12.6. The first kappa shape index (κ1) is 24.8. The molecule has 8 nitrogen and oxygen atoms in total. The molecule has 0 bridgehead atoms. The minimum Gasteiger partial charge on any atom is -0.493 e. The second-order valence-corrected chi connectivity index (χ2v) is 8.97. The highest BCUT2D eigenvalue weighted by Crippen LogP contribution is 2.22. The number of alkyl carbamates (subject to hydrolysis) is 1. The lowest BCUT2D eigenvalue weighted by atomic mass is 10.1. The first-order valence-corrected chi connectivity index (χ1v) is 11.1. The van der Waals surface area contributed by atoms with Gasteiger partial charge in [-0.25, -0.2) is 4.79 Å². The zero-order chi connectivity index (χ0) is 24.7. The number of ether oxygens (including phenoxy) is 2. The molecule has 0 atom stereocenters. The van der Waals surface area contributed by atoms with E-state index in [9.17, 15) is 19.5 Å². The van der Waals surface area contributed by atoms with Gasteiger partial charge in [-0.15, -0.1) is 0 Å². The quantitative estimate of drug-likeness (QED) is 0.462. The van der Waals surface area contributed by atoms with Gasteiger partial charge in [-0.3, -0.25) is 9.59 Å². The maximum absolute atomic E-state index is 13.1. The Labute approximate surface area is 198 Å². The number of carboxylic acid groups (broad SMARTS) is 1. The number of amides is 1. The van der Waals surface area contributed by atoms with Crippen molar-refractivity contribution in [1.29, 1.82) is 0 Å². The van der Waals surface area contributed by atoms with E-state index in [0.717, 1.165) is 10.9 Å². The summed E-state index contributed by atoms with van der Waals surface area (Å²) in [6.07, 6.45) is -0.238. The van der Waals surface area contributed by atoms with Crippen molar-refractivity contribution >= 4 is 23.0 Å². The number of carboxylic acids is 1. The van der Waals surface area contributed by atoms with Gasteiger partial charge in [-0.2, -0.15) is 0 Å². The third-order valence-electron chi connectivity index (χ3n) is 4.93. The maximum Gasteiger partial charge on any atom is 0.407 e. The second-order valence-electron chi connectivity index (χ2n) is 8.97. The van der Waals surface area contributed by atoms with Gasteiger partial charge in [0.15, 0.2) is 0 Å². The van der Waals surface area contributed by atoms with Crippen molar-refractivity contribution in [2.45, 2.75) is 45.8 Å². The third kappa shape index (κ3) is 7.10. The number of carbonyl (C=O) groups excluding carboxylic acids is 1. The van der Waals surface area contributed by atoms with Crippen molar-refractivity contribution < 1.29 is 24.2 Å². The van der Waals surface area contributed by atoms with Crippen LogP contribution in [0.5, 0.6) is 5.75 Å². The fraction of sp³-hybridized carbons (Fsp3) is 0.346. The minimum absolute atomic E-state index is 0.234. The predicted molar refractivity (Wildman–Crippen MR) is 129 cm³/mol. The van der Waals surface area contributed by atoms with E-state index < -0.39 is 17.7 Å². The molecule has 0 aliphatic carbocycles. The van der Waals surface area contributed by atoms with Crippen molar-refractivity contribution in [2.24, 2.45) is 0 Å². The van der Waals surface area contributed by atoms with Crippen molar-refractivity contribution in [3.63, 3.8) is 0 Å². The summed E-state index contributed by atoms with van der Waals surface area (Å²) in [7, 11) is 0. The van der Waals surface area contributed by atoms with Gasteiger partial charge in [0, 0.05) is 18.2 Å². The number of aliphatic carboxylic acids is 1. The summed E-state index contributed by atoms with van der Waals surface area (Å²) in [5, 5.41) is 12.7. The van der Waals surface area contributed by atoms with E-state index in [1.54, 1.807) is 43.5 Å². The Kier molecular flexibility index (Phi) is 7.94. The standard InChI is InChI=1S/C26H30N2O6/c1-26(2,3)34-25(32)27-12-7-13-33-21-11-10-19-14-20(15-23(29)30)24(31)28(22(19)16-21)17-18-8-5-4-6-9-18/h4-6,8-11,14,16H,7,12-13,15,17H2,1-3H3,(H,27,32)(H,29,30). The Morgan fingerprint density at radius 3 is 2.47 bits per heavy atom. The third-order valence-corrected chi connectivity index (χ3v) is 4.93. The SMILES string of the molecule is CC(C)(C)OC(=O)NCCCOc1ccc2cc(CC(=O)O)c(=O)n(Cc3ccccc3)c2c1. The van der Waals surface area contributed by atoms with Crippen LogP contribution < -0.4 is 15.6 Å². The number of fused-ring (bicyclic) bond motifs is 1. The van der Waals surface area contributed by atoms with Crippen LogP contribution in [0.15, 0.2) is 59.4 Å². The molecular weight excluding hydrogens is 436 g/mol. The van der Waals surface area contributed by atoms with E-state index in [2.05, 4.69) is 5.32 Å². The number of rotatable bonds is 9. The molecule has 1 amide bonds. The molecule has 0 unspecified atom stereocenters. The first-order valence-electron chi connectivity index (χ1n) is 11.1. The normalized spacial score (nSPS) is 11.3. The van der Waals surface area contributed by atoms with Crippen LogP contribution in [0.3, 0.4) is 0 Å². The van der Waals surface area contributed by atoms with Gasteiger partial charge in [0.05, 0.1) is 25.1 Å². The number of carbonyl (C=O) groups is 2. The smallest absolute Gasteiger partial charge is 0.407 e. The fourth-order valence-electron chi connectivity index (χ4n) is 3.48. The highest BCUT2D eigenvalue weighted by molar-refractivity contribution is 5.82. The van der Waals surface area contributed by atoms with Crippen LogP contribution >= 0.6 is 0 Å². The number of pyridine rings is 1. The largest absolute Gasteiger partial charge is 0.493 e. The number of hydrogen-bond donors (Lipinski definition) is 2. The van der Waals surface area contributed by atoms with E-state index in [1.165, 1.54) is 0 Å². The summed E-state index contributed by atoms with van der Waals surface area (Å²) in [5.41, 5.74) is 0.937. The average Bonchev–Trinajstić information content (AvgIpc) is 2.76. The summed E-state index contributed by atoms with van der Waals surface area (Å²) in [5.74, 6) is -0.473. The Morgan fingerprint density at radius 2 is 1.79 bits per heavy atom. The van der Waals surface area contributed by atoms with Crippen molar-refractivity contribution in [2.75, 3.05) is 13.2 Å². The molecule has 0 fully saturated rings. The van der Waals surface area contributed by atoms with Crippen LogP contribution in [0.25, 0.3) is 10.9 Å². The highest BCUT2D eigenvalue weighted by atomic mass is 16.6. The molecule has 2 aromatic carbocycles. The summed E-state index contributed by atoms with van der Waals surface area (Å²) in [4.78, 5) is 36.1. The highest BCUT2D eigenvalue weighted by Gasteiger charge is 2.16. The molecule has 0 radical (unpaired) electrons. The molecule has 3 aromatic rings. The van der Waals surface area contributed by atoms with Crippen LogP contribution in [0, 0.1) is 0 Å². The Bertz CT molecular complexity index is 1210. The van der Waals surface area contributed by atoms with Crippen molar-refractivity contribution in [1.82, 2.24) is 9.88 Å². The van der Waals surface area contributed by atoms with Crippen molar-refractivity contribution in [3.05, 3.63) is 76.1 Å². The van der Waals surface area contributed by atoms with Gasteiger partial charge in [0.25, 0.3) is 5.56 Å². The number of nitrogens with zero attached hydrogens (tertiary/aromatic N) is 1. The van der Waals surface area contributed by atoms with Crippen LogP contribution in [0.2, 0.25) is 0 Å². The molecule has 180 valence electrons. The second kappa shape index (κ2) is 10.9. The number of nitrogens with one attached hydrogen (secondary N) is 1. The van der Waals surface area contributed by atoms with Crippen LogP contribution in [-0.4, -0.2) is 40.5 Å². The van der Waals surface area contributed by atoms with Crippen LogP contribution in [-0.2, 0) is 22.5 Å². The molecule has 1 aromatic heterocycles. The van der Waals surface area contributed by atoms with E-state index in [-0.39, 0.29) is 17.5 Å². The molecule has 1 heterocycles. The lowest BCUT2D eigenvalue weighted by molar-refractivity contribution is -0.136. The molecule has 0 aliphatic heterocycles. The molecule has 0 saturated carbocycles. The Morgan fingerprint density at radius 1 is 1.06 bits per heavy atom. The molecule has 2 N–H and O–H groups in total. The zero-order valence-corrected chi connectivity index (χ0v) is 19.7. The fourth-order valence-corrected chi connectivity index (χ4v) is 3.48. The summed E-state index contributed by atoms with van der Waals surface area (Å²) >= 11 is 0. The van der Waals surface area contributed by atoms with E-state index in [4.69, 9.17) is 9.47 Å². The molecule has 34 heavy (non-hydrogen) atoms. The average molecular weight is 467 g/mol. The van der Waals surface area contributed by atoms with Gasteiger partial charge >= 0.3 is 12.1 Å². The maximum atomic E-state index is 13.1. The molecule has 3 rings (SSSR count). The van der Waals surface area contributed by atoms with Gasteiger partial charge < -0.3 is 24.5 Å². The monoisotopic (exact) mass is 466 g/mol. The Hall–Kier alpha value is -3.81. The Balaban J connectivity index is 1.76.